The van der Waals surface area contributed by atoms with Crippen LogP contribution in [0, 0.1) is 0 Å². The Labute approximate surface area is 342 Å². The van der Waals surface area contributed by atoms with Crippen LogP contribution in [0.15, 0.2) is 97.2 Å². The molecular weight excluding hydrogens is 719 g/mol. The van der Waals surface area contributed by atoms with Gasteiger partial charge in [-0.25, -0.2) is 4.57 Å². The number of hydrogen-bond donors (Lipinski definition) is 4. The molecule has 3 atom stereocenters. The second kappa shape index (κ2) is 42.0. The molecule has 0 rings (SSSR count). The van der Waals surface area contributed by atoms with Crippen molar-refractivity contribution in [1.82, 2.24) is 5.32 Å². The minimum absolute atomic E-state index is 0.0574. The zero-order chi connectivity index (χ0) is 41.1. The van der Waals surface area contributed by atoms with Crippen LogP contribution < -0.4 is 11.1 Å². The van der Waals surface area contributed by atoms with E-state index in [-0.39, 0.29) is 25.5 Å². The van der Waals surface area contributed by atoms with Gasteiger partial charge < -0.3 is 21.1 Å². The number of rotatable bonds is 39. The smallest absolute Gasteiger partial charge is 0.387 e. The van der Waals surface area contributed by atoms with Crippen LogP contribution in [0.4, 0.5) is 0 Å². The molecule has 0 spiro atoms. The van der Waals surface area contributed by atoms with Gasteiger partial charge in [-0.1, -0.05) is 182 Å². The molecule has 0 aliphatic carbocycles. The number of amides is 1. The minimum Gasteiger partial charge on any atom is -0.387 e. The SMILES string of the molecule is CC/C=C\C/C=C\C/C=C\C/C=C\C/C=C\C/C=C\CCC(=O)NC(COP(=O)(O)OCCN)C(O)/C=C/CC/C=C/CCCCCCCCCCCCCC. The summed E-state index contributed by atoms with van der Waals surface area (Å²) >= 11 is 0. The molecule has 0 saturated heterocycles. The lowest BCUT2D eigenvalue weighted by molar-refractivity contribution is -0.122. The Balaban J connectivity index is 4.43. The zero-order valence-electron chi connectivity index (χ0n) is 35.3. The number of carbonyl (C=O) groups is 1. The van der Waals surface area contributed by atoms with E-state index in [0.29, 0.717) is 6.42 Å². The highest BCUT2D eigenvalue weighted by molar-refractivity contribution is 7.47. The first kappa shape index (κ1) is 53.4. The van der Waals surface area contributed by atoms with Crippen molar-refractivity contribution < 1.29 is 28.4 Å². The summed E-state index contributed by atoms with van der Waals surface area (Å²) in [7, 11) is -4.37. The quantitative estimate of drug-likeness (QED) is 0.0276. The molecule has 0 fully saturated rings. The van der Waals surface area contributed by atoms with Gasteiger partial charge in [-0.2, -0.15) is 0 Å². The van der Waals surface area contributed by atoms with Crippen molar-refractivity contribution in [3.8, 4) is 0 Å². The van der Waals surface area contributed by atoms with E-state index < -0.39 is 26.6 Å². The molecule has 1 amide bonds. The topological polar surface area (TPSA) is 131 Å². The average molecular weight is 801 g/mol. The molecule has 56 heavy (non-hydrogen) atoms. The lowest BCUT2D eigenvalue weighted by Gasteiger charge is -2.23. The van der Waals surface area contributed by atoms with Crippen molar-refractivity contribution in [2.75, 3.05) is 19.8 Å². The van der Waals surface area contributed by atoms with Crippen LogP contribution in [0.3, 0.4) is 0 Å². The number of phosphoric ester groups is 1. The largest absolute Gasteiger partial charge is 0.472 e. The van der Waals surface area contributed by atoms with Crippen LogP contribution in [0.2, 0.25) is 0 Å². The summed E-state index contributed by atoms with van der Waals surface area (Å²) in [6.45, 7) is 3.92. The monoisotopic (exact) mass is 801 g/mol. The third kappa shape index (κ3) is 39.6. The number of hydrogen-bond acceptors (Lipinski definition) is 6. The van der Waals surface area contributed by atoms with E-state index in [1.54, 1.807) is 6.08 Å². The summed E-state index contributed by atoms with van der Waals surface area (Å²) in [5, 5.41) is 13.6. The number of aliphatic hydroxyl groups excluding tert-OH is 1. The van der Waals surface area contributed by atoms with E-state index in [2.05, 4.69) is 92.1 Å². The van der Waals surface area contributed by atoms with Crippen LogP contribution in [-0.2, 0) is 18.4 Å². The summed E-state index contributed by atoms with van der Waals surface area (Å²) in [5.41, 5.74) is 5.36. The van der Waals surface area contributed by atoms with Crippen LogP contribution in [0.1, 0.15) is 162 Å². The molecule has 0 aromatic rings. The third-order valence-electron chi connectivity index (χ3n) is 8.91. The summed E-state index contributed by atoms with van der Waals surface area (Å²) in [6, 6.07) is -0.924. The molecule has 8 nitrogen and oxygen atoms in total. The molecule has 0 aromatic heterocycles. The average Bonchev–Trinajstić information content (AvgIpc) is 3.19. The van der Waals surface area contributed by atoms with Gasteiger partial charge in [0, 0.05) is 13.0 Å². The molecule has 3 unspecified atom stereocenters. The first-order chi connectivity index (χ1) is 27.4. The second-order valence-corrected chi connectivity index (χ2v) is 15.6. The molecule has 0 aromatic carbocycles. The maximum atomic E-state index is 12.7. The lowest BCUT2D eigenvalue weighted by Crippen LogP contribution is -2.45. The Morgan fingerprint density at radius 2 is 1.05 bits per heavy atom. The molecular formula is C47H81N2O6P. The van der Waals surface area contributed by atoms with E-state index in [4.69, 9.17) is 14.8 Å². The molecule has 0 heterocycles. The number of allylic oxidation sites excluding steroid dienone is 15. The summed E-state index contributed by atoms with van der Waals surface area (Å²) in [6.07, 6.45) is 57.6. The first-order valence-corrected chi connectivity index (χ1v) is 23.4. The molecule has 0 saturated carbocycles. The Bertz CT molecular complexity index is 1190. The number of nitrogens with two attached hydrogens (primary N) is 1. The minimum atomic E-state index is -4.37. The highest BCUT2D eigenvalue weighted by Gasteiger charge is 2.26. The van der Waals surface area contributed by atoms with Gasteiger partial charge in [0.15, 0.2) is 0 Å². The number of phosphoric acid groups is 1. The molecule has 0 aliphatic heterocycles. The highest BCUT2D eigenvalue weighted by Crippen LogP contribution is 2.43. The fraction of sp³-hybridized carbons (Fsp3) is 0.638. The van der Waals surface area contributed by atoms with Gasteiger partial charge in [-0.05, 0) is 70.6 Å². The normalized spacial score (nSPS) is 15.0. The second-order valence-electron chi connectivity index (χ2n) is 14.2. The molecule has 0 aliphatic rings. The van der Waals surface area contributed by atoms with Crippen molar-refractivity contribution >= 4 is 13.7 Å². The maximum absolute atomic E-state index is 12.7. The number of nitrogens with one attached hydrogen (secondary N) is 1. The molecule has 5 N–H and O–H groups in total. The predicted molar refractivity (Wildman–Crippen MR) is 239 cm³/mol. The lowest BCUT2D eigenvalue weighted by atomic mass is 10.0. The van der Waals surface area contributed by atoms with Gasteiger partial charge in [-0.3, -0.25) is 13.8 Å². The van der Waals surface area contributed by atoms with Crippen LogP contribution in [0.25, 0.3) is 0 Å². The van der Waals surface area contributed by atoms with E-state index in [9.17, 15) is 19.4 Å². The summed E-state index contributed by atoms with van der Waals surface area (Å²) < 4.78 is 22.1. The Morgan fingerprint density at radius 3 is 1.57 bits per heavy atom. The van der Waals surface area contributed by atoms with Gasteiger partial charge in [0.05, 0.1) is 25.4 Å². The summed E-state index contributed by atoms with van der Waals surface area (Å²) in [5.74, 6) is -0.290. The molecule has 9 heteroatoms. The molecule has 0 radical (unpaired) electrons. The first-order valence-electron chi connectivity index (χ1n) is 21.9. The van der Waals surface area contributed by atoms with E-state index in [1.165, 1.54) is 77.0 Å². The van der Waals surface area contributed by atoms with Gasteiger partial charge in [0.1, 0.15) is 0 Å². The van der Waals surface area contributed by atoms with Gasteiger partial charge in [0.2, 0.25) is 5.91 Å². The number of carbonyl (C=O) groups excluding carboxylic acids is 1. The molecule has 0 bridgehead atoms. The van der Waals surface area contributed by atoms with Crippen LogP contribution in [0.5, 0.6) is 0 Å². The Hall–Kier alpha value is -2.58. The van der Waals surface area contributed by atoms with Crippen molar-refractivity contribution in [1.29, 1.82) is 0 Å². The van der Waals surface area contributed by atoms with E-state index in [1.807, 2.05) is 18.2 Å². The van der Waals surface area contributed by atoms with E-state index >= 15 is 0 Å². The molecule has 320 valence electrons. The van der Waals surface area contributed by atoms with Crippen molar-refractivity contribution in [3.05, 3.63) is 97.2 Å². The Morgan fingerprint density at radius 1 is 0.607 bits per heavy atom. The number of unbranched alkanes of at least 4 members (excludes halogenated alkanes) is 13. The van der Waals surface area contributed by atoms with Crippen molar-refractivity contribution in [3.63, 3.8) is 0 Å². The highest BCUT2D eigenvalue weighted by atomic mass is 31.2. The number of aliphatic hydroxyl groups is 1. The zero-order valence-corrected chi connectivity index (χ0v) is 36.2. The fourth-order valence-corrected chi connectivity index (χ4v) is 6.40. The fourth-order valence-electron chi connectivity index (χ4n) is 5.64. The maximum Gasteiger partial charge on any atom is 0.472 e. The van der Waals surface area contributed by atoms with E-state index in [0.717, 1.165) is 57.8 Å². The van der Waals surface area contributed by atoms with Crippen LogP contribution in [-0.4, -0.2) is 47.8 Å². The van der Waals surface area contributed by atoms with Gasteiger partial charge in [0.25, 0.3) is 0 Å². The third-order valence-corrected chi connectivity index (χ3v) is 9.89. The predicted octanol–water partition coefficient (Wildman–Crippen LogP) is 12.4. The van der Waals surface area contributed by atoms with Gasteiger partial charge >= 0.3 is 7.82 Å². The van der Waals surface area contributed by atoms with Crippen LogP contribution >= 0.6 is 7.82 Å². The summed E-state index contributed by atoms with van der Waals surface area (Å²) in [4.78, 5) is 22.7. The standard InChI is InChI=1S/C47H81N2O6P/c1-3-5-7-9-11-13-15-17-19-21-23-25-27-29-31-33-35-37-39-41-47(51)49-45(44-55-56(52,53)54-43-42-48)46(50)40-38-36-34-32-30-28-26-24-22-20-18-16-14-12-10-8-6-4-2/h5,7,11,13,17,19,23,25,29-32,35,37-38,40,45-46,50H,3-4,6,8-10,12,14-16,18,20-22,24,26-28,33-34,36,39,41-44,48H2,1-2H3,(H,49,51)(H,52,53)/b7-5-,13-11-,19-17-,25-23-,31-29-,32-30+,37-35-,40-38+. The Kier molecular flexibility index (Phi) is 40.1. The van der Waals surface area contributed by atoms with Gasteiger partial charge in [-0.15, -0.1) is 0 Å². The van der Waals surface area contributed by atoms with Crippen molar-refractivity contribution in [2.24, 2.45) is 5.73 Å². The van der Waals surface area contributed by atoms with Crippen molar-refractivity contribution in [2.45, 2.75) is 174 Å².